The van der Waals surface area contributed by atoms with E-state index in [1.165, 1.54) is 25.7 Å². The zero-order chi connectivity index (χ0) is 15.2. The van der Waals surface area contributed by atoms with Gasteiger partial charge in [-0.05, 0) is 36.5 Å². The molecule has 1 aromatic carbocycles. The van der Waals surface area contributed by atoms with Crippen LogP contribution in [0.2, 0.25) is 5.02 Å². The van der Waals surface area contributed by atoms with E-state index in [1.807, 2.05) is 12.1 Å². The summed E-state index contributed by atoms with van der Waals surface area (Å²) in [5.74, 6) is 2.06. The fourth-order valence-corrected chi connectivity index (χ4v) is 3.00. The number of rotatable bonds is 7. The number of ether oxygens (including phenoxy) is 2. The van der Waals surface area contributed by atoms with Crippen LogP contribution in [0.4, 0.5) is 0 Å². The molecule has 0 aromatic heterocycles. The first-order valence-corrected chi connectivity index (χ1v) is 8.20. The van der Waals surface area contributed by atoms with Crippen molar-refractivity contribution >= 4 is 11.6 Å². The van der Waals surface area contributed by atoms with Crippen molar-refractivity contribution < 1.29 is 9.47 Å². The van der Waals surface area contributed by atoms with Crippen LogP contribution in [-0.4, -0.2) is 19.8 Å². The molecule has 0 bridgehead atoms. The summed E-state index contributed by atoms with van der Waals surface area (Å²) >= 11 is 6.38. The van der Waals surface area contributed by atoms with Crippen molar-refractivity contribution in [3.05, 3.63) is 22.7 Å². The lowest BCUT2D eigenvalue weighted by atomic mass is 10.1. The monoisotopic (exact) mass is 311 g/mol. The Balaban J connectivity index is 2.05. The minimum atomic E-state index is 0.438. The first kappa shape index (κ1) is 16.4. The van der Waals surface area contributed by atoms with Gasteiger partial charge in [0, 0.05) is 12.6 Å². The Kier molecular flexibility index (Phi) is 6.19. The molecule has 1 fully saturated rings. The highest BCUT2D eigenvalue weighted by Gasteiger charge is 2.18. The molecule has 3 nitrogen and oxygen atoms in total. The molecule has 0 aliphatic heterocycles. The summed E-state index contributed by atoms with van der Waals surface area (Å²) in [7, 11) is 1.66. The molecule has 0 radical (unpaired) electrons. The molecule has 21 heavy (non-hydrogen) atoms. The summed E-state index contributed by atoms with van der Waals surface area (Å²) in [4.78, 5) is 0. The van der Waals surface area contributed by atoms with Crippen LogP contribution in [0.5, 0.6) is 11.5 Å². The molecular weight excluding hydrogens is 286 g/mol. The smallest absolute Gasteiger partial charge is 0.179 e. The zero-order valence-electron chi connectivity index (χ0n) is 13.2. The highest BCUT2D eigenvalue weighted by molar-refractivity contribution is 6.32. The molecule has 4 heteroatoms. The lowest BCUT2D eigenvalue weighted by molar-refractivity contribution is 0.241. The van der Waals surface area contributed by atoms with Crippen LogP contribution >= 0.6 is 11.6 Å². The van der Waals surface area contributed by atoms with Gasteiger partial charge in [0.05, 0.1) is 18.7 Å². The molecule has 1 aliphatic carbocycles. The van der Waals surface area contributed by atoms with Gasteiger partial charge in [-0.1, -0.05) is 38.3 Å². The Hall–Kier alpha value is -0.930. The van der Waals surface area contributed by atoms with Gasteiger partial charge in [-0.2, -0.15) is 0 Å². The SMILES string of the molecule is COc1cc(CNC(C)C)cc(Cl)c1OCC1CCCC1. The van der Waals surface area contributed by atoms with E-state index in [1.54, 1.807) is 7.11 Å². The number of nitrogens with one attached hydrogen (secondary N) is 1. The molecule has 1 aliphatic rings. The predicted molar refractivity (Wildman–Crippen MR) is 87.4 cm³/mol. The van der Waals surface area contributed by atoms with Crippen LogP contribution in [-0.2, 0) is 6.54 Å². The van der Waals surface area contributed by atoms with Gasteiger partial charge in [0.2, 0.25) is 0 Å². The lowest BCUT2D eigenvalue weighted by Crippen LogP contribution is -2.21. The maximum absolute atomic E-state index is 6.38. The third kappa shape index (κ3) is 4.79. The summed E-state index contributed by atoms with van der Waals surface area (Å²) in [5, 5.41) is 4.01. The zero-order valence-corrected chi connectivity index (χ0v) is 14.0. The number of methoxy groups -OCH3 is 1. The Bertz CT molecular complexity index is 456. The topological polar surface area (TPSA) is 30.5 Å². The van der Waals surface area contributed by atoms with E-state index in [9.17, 15) is 0 Å². The molecule has 0 unspecified atom stereocenters. The van der Waals surface area contributed by atoms with E-state index in [4.69, 9.17) is 21.1 Å². The first-order chi connectivity index (χ1) is 10.1. The van der Waals surface area contributed by atoms with Gasteiger partial charge in [0.25, 0.3) is 0 Å². The number of benzene rings is 1. The summed E-state index contributed by atoms with van der Waals surface area (Å²) < 4.78 is 11.4. The fraction of sp³-hybridized carbons (Fsp3) is 0.647. The van der Waals surface area contributed by atoms with Crippen molar-refractivity contribution in [3.63, 3.8) is 0 Å². The standard InChI is InChI=1S/C17H26ClNO2/c1-12(2)19-10-14-8-15(18)17(16(9-14)20-3)21-11-13-6-4-5-7-13/h8-9,12-13,19H,4-7,10-11H2,1-3H3. The molecule has 1 saturated carbocycles. The van der Waals surface area contributed by atoms with Gasteiger partial charge in [-0.15, -0.1) is 0 Å². The van der Waals surface area contributed by atoms with Crippen LogP contribution in [0.15, 0.2) is 12.1 Å². The van der Waals surface area contributed by atoms with Gasteiger partial charge >= 0.3 is 0 Å². The second-order valence-electron chi connectivity index (χ2n) is 6.11. The second kappa shape index (κ2) is 7.90. The average molecular weight is 312 g/mol. The van der Waals surface area contributed by atoms with E-state index in [2.05, 4.69) is 19.2 Å². The maximum Gasteiger partial charge on any atom is 0.179 e. The molecule has 0 amide bonds. The van der Waals surface area contributed by atoms with Crippen molar-refractivity contribution in [1.82, 2.24) is 5.32 Å². The molecule has 1 aromatic rings. The van der Waals surface area contributed by atoms with E-state index in [0.717, 1.165) is 24.5 Å². The second-order valence-corrected chi connectivity index (χ2v) is 6.51. The van der Waals surface area contributed by atoms with Crippen molar-refractivity contribution in [3.8, 4) is 11.5 Å². The minimum Gasteiger partial charge on any atom is -0.493 e. The summed E-state index contributed by atoms with van der Waals surface area (Å²) in [6.07, 6.45) is 5.16. The quantitative estimate of drug-likeness (QED) is 0.808. The maximum atomic E-state index is 6.38. The molecule has 0 spiro atoms. The molecule has 0 saturated heterocycles. The third-order valence-corrected chi connectivity index (χ3v) is 4.22. The van der Waals surface area contributed by atoms with Crippen molar-refractivity contribution in [1.29, 1.82) is 0 Å². The minimum absolute atomic E-state index is 0.438. The average Bonchev–Trinajstić information content (AvgIpc) is 2.96. The van der Waals surface area contributed by atoms with E-state index < -0.39 is 0 Å². The highest BCUT2D eigenvalue weighted by Crippen LogP contribution is 2.37. The van der Waals surface area contributed by atoms with Crippen molar-refractivity contribution in [2.75, 3.05) is 13.7 Å². The van der Waals surface area contributed by atoms with Gasteiger partial charge in [0.15, 0.2) is 11.5 Å². The Labute approximate surface area is 133 Å². The van der Waals surface area contributed by atoms with Crippen molar-refractivity contribution in [2.45, 2.75) is 52.1 Å². The lowest BCUT2D eigenvalue weighted by Gasteiger charge is -2.17. The Morgan fingerprint density at radius 2 is 2.00 bits per heavy atom. The van der Waals surface area contributed by atoms with E-state index in [-0.39, 0.29) is 0 Å². The van der Waals surface area contributed by atoms with Gasteiger partial charge in [-0.25, -0.2) is 0 Å². The summed E-state index contributed by atoms with van der Waals surface area (Å²) in [6.45, 7) is 5.76. The van der Waals surface area contributed by atoms with Crippen LogP contribution in [0.1, 0.15) is 45.1 Å². The highest BCUT2D eigenvalue weighted by atomic mass is 35.5. The van der Waals surface area contributed by atoms with Crippen LogP contribution in [0, 0.1) is 5.92 Å². The number of halogens is 1. The number of hydrogen-bond acceptors (Lipinski definition) is 3. The Morgan fingerprint density at radius 1 is 1.29 bits per heavy atom. The normalized spacial score (nSPS) is 15.7. The number of hydrogen-bond donors (Lipinski definition) is 1. The van der Waals surface area contributed by atoms with E-state index >= 15 is 0 Å². The predicted octanol–water partition coefficient (Wildman–Crippen LogP) is 4.42. The van der Waals surface area contributed by atoms with Gasteiger partial charge in [-0.3, -0.25) is 0 Å². The molecule has 0 heterocycles. The van der Waals surface area contributed by atoms with Gasteiger partial charge < -0.3 is 14.8 Å². The largest absolute Gasteiger partial charge is 0.493 e. The molecule has 118 valence electrons. The first-order valence-electron chi connectivity index (χ1n) is 7.82. The van der Waals surface area contributed by atoms with E-state index in [0.29, 0.717) is 22.7 Å². The Morgan fingerprint density at radius 3 is 2.62 bits per heavy atom. The molecular formula is C17H26ClNO2. The van der Waals surface area contributed by atoms with Crippen LogP contribution < -0.4 is 14.8 Å². The summed E-state index contributed by atoms with van der Waals surface area (Å²) in [6, 6.07) is 4.40. The van der Waals surface area contributed by atoms with Crippen molar-refractivity contribution in [2.24, 2.45) is 5.92 Å². The molecule has 2 rings (SSSR count). The van der Waals surface area contributed by atoms with Gasteiger partial charge in [0.1, 0.15) is 0 Å². The fourth-order valence-electron chi connectivity index (χ4n) is 2.72. The van der Waals surface area contributed by atoms with Crippen LogP contribution in [0.25, 0.3) is 0 Å². The third-order valence-electron chi connectivity index (χ3n) is 3.94. The van der Waals surface area contributed by atoms with Crippen LogP contribution in [0.3, 0.4) is 0 Å². The summed E-state index contributed by atoms with van der Waals surface area (Å²) in [5.41, 5.74) is 1.11. The molecule has 0 atom stereocenters. The molecule has 1 N–H and O–H groups in total.